The third kappa shape index (κ3) is 4.00. The summed E-state index contributed by atoms with van der Waals surface area (Å²) < 4.78 is 16.0. The topological polar surface area (TPSA) is 77.6 Å². The number of carbonyl (C=O) groups is 1. The minimum Gasteiger partial charge on any atom is -0.292 e. The van der Waals surface area contributed by atoms with Crippen molar-refractivity contribution in [2.75, 3.05) is 5.32 Å². The molecule has 0 fully saturated rings. The SMILES string of the molecule is Cc1cnn(CC(=O)Nc2ncn(Cc3ccc(F)cc3)n2)c1. The number of hydrogen-bond acceptors (Lipinski definition) is 4. The summed E-state index contributed by atoms with van der Waals surface area (Å²) in [5, 5.41) is 10.8. The molecule has 2 heterocycles. The van der Waals surface area contributed by atoms with Crippen LogP contribution in [0.1, 0.15) is 11.1 Å². The van der Waals surface area contributed by atoms with Gasteiger partial charge in [0, 0.05) is 6.20 Å². The number of halogens is 1. The van der Waals surface area contributed by atoms with E-state index in [2.05, 4.69) is 20.5 Å². The van der Waals surface area contributed by atoms with Gasteiger partial charge in [0.1, 0.15) is 18.7 Å². The highest BCUT2D eigenvalue weighted by Gasteiger charge is 2.08. The smallest absolute Gasteiger partial charge is 0.248 e. The summed E-state index contributed by atoms with van der Waals surface area (Å²) in [4.78, 5) is 15.9. The van der Waals surface area contributed by atoms with Crippen LogP contribution >= 0.6 is 0 Å². The normalized spacial score (nSPS) is 10.7. The molecule has 1 amide bonds. The van der Waals surface area contributed by atoms with Crippen LogP contribution in [0, 0.1) is 12.7 Å². The molecule has 23 heavy (non-hydrogen) atoms. The predicted molar refractivity (Wildman–Crippen MR) is 81.1 cm³/mol. The number of anilines is 1. The minimum absolute atomic E-state index is 0.0976. The number of aromatic nitrogens is 5. The first kappa shape index (κ1) is 14.9. The Kier molecular flexibility index (Phi) is 4.13. The Morgan fingerprint density at radius 3 is 2.74 bits per heavy atom. The second-order valence-corrected chi connectivity index (χ2v) is 5.16. The van der Waals surface area contributed by atoms with Crippen molar-refractivity contribution < 1.29 is 9.18 Å². The minimum atomic E-state index is -0.283. The molecule has 0 saturated heterocycles. The Hall–Kier alpha value is -3.03. The zero-order valence-electron chi connectivity index (χ0n) is 12.5. The second-order valence-electron chi connectivity index (χ2n) is 5.16. The van der Waals surface area contributed by atoms with Crippen molar-refractivity contribution in [1.82, 2.24) is 24.5 Å². The summed E-state index contributed by atoms with van der Waals surface area (Å²) in [5.41, 5.74) is 1.88. The van der Waals surface area contributed by atoms with Crippen LogP contribution in [0.25, 0.3) is 0 Å². The largest absolute Gasteiger partial charge is 0.292 e. The van der Waals surface area contributed by atoms with Gasteiger partial charge in [-0.2, -0.15) is 5.10 Å². The molecular weight excluding hydrogens is 299 g/mol. The summed E-state index contributed by atoms with van der Waals surface area (Å²) in [5.74, 6) is -0.317. The lowest BCUT2D eigenvalue weighted by Crippen LogP contribution is -2.20. The van der Waals surface area contributed by atoms with E-state index in [0.29, 0.717) is 6.54 Å². The number of hydrogen-bond donors (Lipinski definition) is 1. The first-order valence-electron chi connectivity index (χ1n) is 7.01. The number of nitrogens with one attached hydrogen (secondary N) is 1. The van der Waals surface area contributed by atoms with Crippen LogP contribution in [0.15, 0.2) is 43.0 Å². The molecule has 1 N–H and O–H groups in total. The molecule has 0 radical (unpaired) electrons. The van der Waals surface area contributed by atoms with Crippen LogP contribution in [-0.4, -0.2) is 30.5 Å². The number of nitrogens with zero attached hydrogens (tertiary/aromatic N) is 5. The molecule has 0 aliphatic heterocycles. The van der Waals surface area contributed by atoms with E-state index in [1.807, 2.05) is 6.92 Å². The molecule has 3 rings (SSSR count). The number of carbonyl (C=O) groups excluding carboxylic acids is 1. The molecule has 0 aliphatic rings. The summed E-state index contributed by atoms with van der Waals surface area (Å²) >= 11 is 0. The Morgan fingerprint density at radius 2 is 2.04 bits per heavy atom. The molecule has 3 aromatic rings. The van der Waals surface area contributed by atoms with Crippen molar-refractivity contribution in [3.05, 3.63) is 59.9 Å². The van der Waals surface area contributed by atoms with Gasteiger partial charge in [0.25, 0.3) is 0 Å². The lowest BCUT2D eigenvalue weighted by molar-refractivity contribution is -0.116. The van der Waals surface area contributed by atoms with Gasteiger partial charge in [-0.1, -0.05) is 12.1 Å². The molecule has 0 unspecified atom stereocenters. The van der Waals surface area contributed by atoms with Gasteiger partial charge in [-0.3, -0.25) is 14.8 Å². The van der Waals surface area contributed by atoms with Crippen molar-refractivity contribution in [2.24, 2.45) is 0 Å². The van der Waals surface area contributed by atoms with Gasteiger partial charge in [-0.25, -0.2) is 14.1 Å². The summed E-state index contributed by atoms with van der Waals surface area (Å²) in [6.45, 7) is 2.45. The lowest BCUT2D eigenvalue weighted by atomic mass is 10.2. The van der Waals surface area contributed by atoms with E-state index in [9.17, 15) is 9.18 Å². The van der Waals surface area contributed by atoms with Crippen molar-refractivity contribution in [2.45, 2.75) is 20.0 Å². The molecule has 1 aromatic carbocycles. The van der Waals surface area contributed by atoms with Gasteiger partial charge in [0.2, 0.25) is 11.9 Å². The monoisotopic (exact) mass is 314 g/mol. The van der Waals surface area contributed by atoms with Crippen LogP contribution in [0.5, 0.6) is 0 Å². The maximum Gasteiger partial charge on any atom is 0.248 e. The molecule has 7 nitrogen and oxygen atoms in total. The van der Waals surface area contributed by atoms with Gasteiger partial charge in [-0.05, 0) is 30.2 Å². The Balaban J connectivity index is 1.58. The first-order valence-corrected chi connectivity index (χ1v) is 7.01. The van der Waals surface area contributed by atoms with Gasteiger partial charge in [0.15, 0.2) is 0 Å². The molecule has 0 atom stereocenters. The standard InChI is InChI=1S/C15H15FN6O/c1-11-6-18-21(7-11)9-14(23)19-15-17-10-22(20-15)8-12-2-4-13(16)5-3-12/h2-7,10H,8-9H2,1H3,(H,19,20,23). The number of benzene rings is 1. The Morgan fingerprint density at radius 1 is 1.26 bits per heavy atom. The molecule has 118 valence electrons. The molecule has 0 aliphatic carbocycles. The van der Waals surface area contributed by atoms with E-state index in [0.717, 1.165) is 11.1 Å². The maximum atomic E-state index is 12.9. The van der Waals surface area contributed by atoms with E-state index in [4.69, 9.17) is 0 Å². The molecular formula is C15H15FN6O. The average Bonchev–Trinajstić information content (AvgIpc) is 3.11. The molecule has 0 spiro atoms. The second kappa shape index (κ2) is 6.39. The fourth-order valence-electron chi connectivity index (χ4n) is 2.07. The van der Waals surface area contributed by atoms with E-state index >= 15 is 0 Å². The number of aryl methyl sites for hydroxylation is 1. The predicted octanol–water partition coefficient (Wildman–Crippen LogP) is 1.61. The fraction of sp³-hybridized carbons (Fsp3) is 0.200. The van der Waals surface area contributed by atoms with Gasteiger partial charge >= 0.3 is 0 Å². The van der Waals surface area contributed by atoms with E-state index in [-0.39, 0.29) is 24.2 Å². The fourth-order valence-corrected chi connectivity index (χ4v) is 2.07. The van der Waals surface area contributed by atoms with E-state index < -0.39 is 0 Å². The summed E-state index contributed by atoms with van der Waals surface area (Å²) in [7, 11) is 0. The average molecular weight is 314 g/mol. The zero-order chi connectivity index (χ0) is 16.2. The van der Waals surface area contributed by atoms with E-state index in [1.54, 1.807) is 33.9 Å². The van der Waals surface area contributed by atoms with Gasteiger partial charge in [-0.15, -0.1) is 5.10 Å². The summed E-state index contributed by atoms with van der Waals surface area (Å²) in [6, 6.07) is 6.13. The third-order valence-corrected chi connectivity index (χ3v) is 3.11. The summed E-state index contributed by atoms with van der Waals surface area (Å²) in [6.07, 6.45) is 4.97. The van der Waals surface area contributed by atoms with Crippen molar-refractivity contribution in [1.29, 1.82) is 0 Å². The molecule has 8 heteroatoms. The van der Waals surface area contributed by atoms with E-state index in [1.165, 1.54) is 18.5 Å². The van der Waals surface area contributed by atoms with Crippen molar-refractivity contribution in [3.63, 3.8) is 0 Å². The highest BCUT2D eigenvalue weighted by atomic mass is 19.1. The highest BCUT2D eigenvalue weighted by Crippen LogP contribution is 2.06. The van der Waals surface area contributed by atoms with Crippen LogP contribution in [-0.2, 0) is 17.9 Å². The van der Waals surface area contributed by atoms with Crippen molar-refractivity contribution in [3.8, 4) is 0 Å². The molecule has 2 aromatic heterocycles. The van der Waals surface area contributed by atoms with Crippen LogP contribution in [0.4, 0.5) is 10.3 Å². The van der Waals surface area contributed by atoms with Crippen LogP contribution in [0.2, 0.25) is 0 Å². The zero-order valence-corrected chi connectivity index (χ0v) is 12.5. The Bertz CT molecular complexity index is 807. The van der Waals surface area contributed by atoms with Crippen LogP contribution < -0.4 is 5.32 Å². The quantitative estimate of drug-likeness (QED) is 0.776. The Labute approximate surface area is 131 Å². The highest BCUT2D eigenvalue weighted by molar-refractivity contribution is 5.88. The third-order valence-electron chi connectivity index (χ3n) is 3.11. The van der Waals surface area contributed by atoms with Crippen molar-refractivity contribution >= 4 is 11.9 Å². The first-order chi connectivity index (χ1) is 11.1. The lowest BCUT2D eigenvalue weighted by Gasteiger charge is -2.02. The van der Waals surface area contributed by atoms with Gasteiger partial charge in [0.05, 0.1) is 12.7 Å². The number of amides is 1. The molecule has 0 bridgehead atoms. The maximum absolute atomic E-state index is 12.9. The van der Waals surface area contributed by atoms with Crippen LogP contribution in [0.3, 0.4) is 0 Å². The molecule has 0 saturated carbocycles. The number of rotatable bonds is 5. The van der Waals surface area contributed by atoms with Gasteiger partial charge < -0.3 is 0 Å².